The molecule has 2 N–H and O–H groups in total. The summed E-state index contributed by atoms with van der Waals surface area (Å²) in [5.41, 5.74) is 6.27. The van der Waals surface area contributed by atoms with Crippen LogP contribution in [-0.4, -0.2) is 20.1 Å². The zero-order valence-corrected chi connectivity index (χ0v) is 11.4. The topological polar surface area (TPSA) is 90.7 Å². The Morgan fingerprint density at radius 2 is 2.05 bits per heavy atom. The molecule has 0 fully saturated rings. The zero-order chi connectivity index (χ0) is 14.8. The van der Waals surface area contributed by atoms with Gasteiger partial charge in [-0.2, -0.15) is 4.98 Å². The fraction of sp³-hybridized carbons (Fsp3) is 0.0769. The number of hydrogen-bond donors (Lipinski definition) is 1. The number of nitrogens with zero attached hydrogens (tertiary/aromatic N) is 4. The molecule has 0 saturated heterocycles. The molecule has 0 bridgehead atoms. The minimum atomic E-state index is -0.423. The van der Waals surface area contributed by atoms with Crippen molar-refractivity contribution in [2.75, 3.05) is 5.73 Å². The average molecular weight is 306 g/mol. The molecule has 0 radical (unpaired) electrons. The van der Waals surface area contributed by atoms with Crippen molar-refractivity contribution >= 4 is 17.4 Å². The van der Waals surface area contributed by atoms with Crippen molar-refractivity contribution in [2.24, 2.45) is 0 Å². The van der Waals surface area contributed by atoms with E-state index in [9.17, 15) is 4.39 Å². The summed E-state index contributed by atoms with van der Waals surface area (Å²) in [7, 11) is 0. The molecule has 8 heteroatoms. The number of aromatic nitrogens is 4. The van der Waals surface area contributed by atoms with Gasteiger partial charge in [-0.05, 0) is 12.1 Å². The lowest BCUT2D eigenvalue weighted by atomic mass is 10.1. The average Bonchev–Trinajstić information content (AvgIpc) is 2.92. The van der Waals surface area contributed by atoms with E-state index in [4.69, 9.17) is 21.9 Å². The third kappa shape index (κ3) is 2.68. The molecule has 0 saturated carbocycles. The lowest BCUT2D eigenvalue weighted by molar-refractivity contribution is 0.422. The number of hydrogen-bond acceptors (Lipinski definition) is 6. The Morgan fingerprint density at radius 3 is 2.81 bits per heavy atom. The maximum atomic E-state index is 13.7. The van der Waals surface area contributed by atoms with Crippen LogP contribution in [-0.2, 0) is 6.42 Å². The lowest BCUT2D eigenvalue weighted by Gasteiger charge is -2.01. The molecule has 6 nitrogen and oxygen atoms in total. The van der Waals surface area contributed by atoms with Crippen molar-refractivity contribution in [3.05, 3.63) is 52.8 Å². The number of nitrogens with two attached hydrogens (primary N) is 1. The van der Waals surface area contributed by atoms with Crippen molar-refractivity contribution < 1.29 is 8.91 Å². The summed E-state index contributed by atoms with van der Waals surface area (Å²) in [6.45, 7) is 0. The summed E-state index contributed by atoms with van der Waals surface area (Å²) in [6.07, 6.45) is 3.02. The van der Waals surface area contributed by atoms with Gasteiger partial charge in [-0.3, -0.25) is 0 Å². The summed E-state index contributed by atoms with van der Waals surface area (Å²) >= 11 is 5.96. The summed E-state index contributed by atoms with van der Waals surface area (Å²) in [5.74, 6) is 0.162. The van der Waals surface area contributed by atoms with Gasteiger partial charge in [0, 0.05) is 29.4 Å². The van der Waals surface area contributed by atoms with Crippen LogP contribution in [0.5, 0.6) is 0 Å². The molecular weight excluding hydrogens is 297 g/mol. The lowest BCUT2D eigenvalue weighted by Crippen LogP contribution is -1.97. The van der Waals surface area contributed by atoms with Crippen LogP contribution < -0.4 is 5.73 Å². The second-order valence-corrected chi connectivity index (χ2v) is 4.59. The molecule has 0 atom stereocenters. The quantitative estimate of drug-likeness (QED) is 0.799. The van der Waals surface area contributed by atoms with Gasteiger partial charge in [0.1, 0.15) is 5.82 Å². The van der Waals surface area contributed by atoms with Gasteiger partial charge in [-0.1, -0.05) is 22.8 Å². The highest BCUT2D eigenvalue weighted by molar-refractivity contribution is 6.31. The smallest absolute Gasteiger partial charge is 0.280 e. The van der Waals surface area contributed by atoms with Crippen LogP contribution in [0.25, 0.3) is 11.6 Å². The first-order valence-corrected chi connectivity index (χ1v) is 6.35. The van der Waals surface area contributed by atoms with Gasteiger partial charge in [0.05, 0.1) is 0 Å². The fourth-order valence-corrected chi connectivity index (χ4v) is 2.02. The first-order chi connectivity index (χ1) is 10.1. The van der Waals surface area contributed by atoms with E-state index < -0.39 is 5.82 Å². The van der Waals surface area contributed by atoms with Crippen LogP contribution in [0.2, 0.25) is 5.02 Å². The fourth-order valence-electron chi connectivity index (χ4n) is 1.79. The highest BCUT2D eigenvalue weighted by Gasteiger charge is 2.16. The first kappa shape index (κ1) is 13.4. The molecule has 3 rings (SSSR count). The van der Waals surface area contributed by atoms with Crippen molar-refractivity contribution in [3.63, 3.8) is 0 Å². The predicted molar refractivity (Wildman–Crippen MR) is 74.0 cm³/mol. The molecule has 0 unspecified atom stereocenters. The molecular formula is C13H9ClFN5O. The number of rotatable bonds is 3. The molecule has 0 aliphatic rings. The van der Waals surface area contributed by atoms with E-state index in [1.54, 1.807) is 6.07 Å². The molecule has 0 amide bonds. The Balaban J connectivity index is 1.91. The Labute approximate surface area is 123 Å². The van der Waals surface area contributed by atoms with Gasteiger partial charge in [0.25, 0.3) is 5.89 Å². The largest absolute Gasteiger partial charge is 0.382 e. The van der Waals surface area contributed by atoms with Crippen LogP contribution in [0.15, 0.2) is 35.1 Å². The number of benzene rings is 1. The van der Waals surface area contributed by atoms with E-state index in [2.05, 4.69) is 20.1 Å². The van der Waals surface area contributed by atoms with Crippen LogP contribution in [0.1, 0.15) is 11.4 Å². The monoisotopic (exact) mass is 305 g/mol. The van der Waals surface area contributed by atoms with Gasteiger partial charge in [0.15, 0.2) is 17.3 Å². The van der Waals surface area contributed by atoms with Crippen molar-refractivity contribution in [2.45, 2.75) is 6.42 Å². The maximum absolute atomic E-state index is 13.7. The van der Waals surface area contributed by atoms with E-state index >= 15 is 0 Å². The van der Waals surface area contributed by atoms with Crippen LogP contribution in [0.3, 0.4) is 0 Å². The molecule has 0 spiro atoms. The molecule has 2 aromatic heterocycles. The minimum absolute atomic E-state index is 0.106. The van der Waals surface area contributed by atoms with E-state index in [0.717, 1.165) is 0 Å². The second-order valence-electron chi connectivity index (χ2n) is 4.18. The molecule has 0 aliphatic carbocycles. The third-order valence-corrected chi connectivity index (χ3v) is 3.15. The summed E-state index contributed by atoms with van der Waals surface area (Å²) in [4.78, 5) is 12.0. The number of anilines is 1. The van der Waals surface area contributed by atoms with Gasteiger partial charge in [0.2, 0.25) is 0 Å². The molecule has 2 heterocycles. The Kier molecular flexibility index (Phi) is 3.49. The maximum Gasteiger partial charge on any atom is 0.280 e. The molecule has 0 aliphatic heterocycles. The highest BCUT2D eigenvalue weighted by Crippen LogP contribution is 2.23. The Hall–Kier alpha value is -2.54. The van der Waals surface area contributed by atoms with E-state index in [-0.39, 0.29) is 29.6 Å². The van der Waals surface area contributed by atoms with Crippen LogP contribution >= 0.6 is 11.6 Å². The van der Waals surface area contributed by atoms with Crippen LogP contribution in [0, 0.1) is 5.82 Å². The van der Waals surface area contributed by atoms with Gasteiger partial charge >= 0.3 is 0 Å². The number of nitrogen functional groups attached to an aromatic ring is 1. The van der Waals surface area contributed by atoms with Gasteiger partial charge in [-0.15, -0.1) is 0 Å². The third-order valence-electron chi connectivity index (χ3n) is 2.79. The van der Waals surface area contributed by atoms with E-state index in [0.29, 0.717) is 10.6 Å². The highest BCUT2D eigenvalue weighted by atomic mass is 35.5. The van der Waals surface area contributed by atoms with Crippen molar-refractivity contribution in [1.82, 2.24) is 20.1 Å². The molecule has 106 valence electrons. The van der Waals surface area contributed by atoms with Gasteiger partial charge in [-0.25, -0.2) is 14.4 Å². The van der Waals surface area contributed by atoms with Crippen LogP contribution in [0.4, 0.5) is 10.2 Å². The Bertz CT molecular complexity index is 771. The summed E-state index contributed by atoms with van der Waals surface area (Å²) in [6, 6.07) is 4.45. The minimum Gasteiger partial charge on any atom is -0.382 e. The van der Waals surface area contributed by atoms with E-state index in [1.165, 1.54) is 24.5 Å². The SMILES string of the molecule is Nc1nccnc1-c1nc(Cc2c(F)cccc2Cl)no1. The van der Waals surface area contributed by atoms with Gasteiger partial charge < -0.3 is 10.3 Å². The summed E-state index contributed by atoms with van der Waals surface area (Å²) < 4.78 is 18.8. The first-order valence-electron chi connectivity index (χ1n) is 5.97. The number of halogens is 2. The second kappa shape index (κ2) is 5.45. The predicted octanol–water partition coefficient (Wildman–Crippen LogP) is 2.49. The molecule has 3 aromatic rings. The summed E-state index contributed by atoms with van der Waals surface area (Å²) in [5, 5.41) is 4.08. The molecule has 1 aromatic carbocycles. The normalized spacial score (nSPS) is 10.8. The van der Waals surface area contributed by atoms with E-state index in [1.807, 2.05) is 0 Å². The Morgan fingerprint density at radius 1 is 1.24 bits per heavy atom. The zero-order valence-electron chi connectivity index (χ0n) is 10.6. The van der Waals surface area contributed by atoms with Crippen molar-refractivity contribution in [1.29, 1.82) is 0 Å². The van der Waals surface area contributed by atoms with Crippen molar-refractivity contribution in [3.8, 4) is 11.6 Å². The standard InChI is InChI=1S/C13H9ClFN5O/c14-8-2-1-3-9(15)7(8)6-10-19-13(21-20-10)11-12(16)18-5-4-17-11/h1-5H,6H2,(H2,16,18). The molecule has 21 heavy (non-hydrogen) atoms.